The molecule has 4 nitrogen and oxygen atoms in total. The predicted molar refractivity (Wildman–Crippen MR) is 139 cm³/mol. The summed E-state index contributed by atoms with van der Waals surface area (Å²) in [4.78, 5) is 28.6. The Bertz CT molecular complexity index is 1140. The Morgan fingerprint density at radius 3 is 2.26 bits per heavy atom. The molecule has 184 valence electrons. The smallest absolute Gasteiger partial charge is 0.243 e. The Morgan fingerprint density at radius 2 is 1.63 bits per heavy atom. The van der Waals surface area contributed by atoms with Crippen molar-refractivity contribution in [3.63, 3.8) is 0 Å². The fraction of sp³-hybridized carbons (Fsp3) is 0.286. The van der Waals surface area contributed by atoms with Crippen LogP contribution in [-0.4, -0.2) is 29.3 Å². The second-order valence-corrected chi connectivity index (χ2v) is 9.75. The van der Waals surface area contributed by atoms with E-state index in [-0.39, 0.29) is 36.5 Å². The number of carbonyl (C=O) groups is 2. The van der Waals surface area contributed by atoms with Gasteiger partial charge in [-0.15, -0.1) is 0 Å². The van der Waals surface area contributed by atoms with Gasteiger partial charge in [0.15, 0.2) is 0 Å². The number of rotatable bonds is 10. The summed E-state index contributed by atoms with van der Waals surface area (Å²) in [6.45, 7) is 4.64. The Kier molecular flexibility index (Phi) is 9.70. The molecular weight excluding hydrogens is 486 g/mol. The first-order valence-electron chi connectivity index (χ1n) is 11.5. The van der Waals surface area contributed by atoms with Gasteiger partial charge in [0.1, 0.15) is 11.9 Å². The second-order valence-electron chi connectivity index (χ2n) is 8.91. The molecule has 3 aromatic rings. The Morgan fingerprint density at radius 1 is 0.943 bits per heavy atom. The van der Waals surface area contributed by atoms with E-state index < -0.39 is 6.04 Å². The molecule has 0 spiro atoms. The summed E-state index contributed by atoms with van der Waals surface area (Å²) in [6.07, 6.45) is 0.360. The minimum absolute atomic E-state index is 0.0221. The van der Waals surface area contributed by atoms with E-state index in [1.807, 2.05) is 44.2 Å². The second kappa shape index (κ2) is 12.7. The molecule has 0 radical (unpaired) electrons. The number of benzene rings is 3. The van der Waals surface area contributed by atoms with Crippen molar-refractivity contribution in [3.05, 3.63) is 105 Å². The third kappa shape index (κ3) is 8.08. The molecule has 1 N–H and O–H groups in total. The molecular formula is C28H29Cl2FN2O2. The van der Waals surface area contributed by atoms with Crippen molar-refractivity contribution in [3.8, 4) is 0 Å². The highest BCUT2D eigenvalue weighted by molar-refractivity contribution is 6.35. The van der Waals surface area contributed by atoms with Gasteiger partial charge in [0, 0.05) is 29.6 Å². The molecule has 2 amide bonds. The van der Waals surface area contributed by atoms with Crippen LogP contribution in [0.5, 0.6) is 0 Å². The Labute approximate surface area is 216 Å². The Balaban J connectivity index is 1.97. The van der Waals surface area contributed by atoms with Crippen molar-refractivity contribution >= 4 is 35.0 Å². The third-order valence-electron chi connectivity index (χ3n) is 5.58. The van der Waals surface area contributed by atoms with Crippen LogP contribution >= 0.6 is 23.2 Å². The monoisotopic (exact) mass is 514 g/mol. The van der Waals surface area contributed by atoms with Gasteiger partial charge in [-0.25, -0.2) is 4.39 Å². The van der Waals surface area contributed by atoms with Gasteiger partial charge in [0.05, 0.1) is 6.42 Å². The minimum atomic E-state index is -0.768. The molecule has 35 heavy (non-hydrogen) atoms. The quantitative estimate of drug-likeness (QED) is 0.356. The highest BCUT2D eigenvalue weighted by Gasteiger charge is 2.31. The molecule has 0 bridgehead atoms. The lowest BCUT2D eigenvalue weighted by atomic mass is 10.0. The average molecular weight is 515 g/mol. The fourth-order valence-electron chi connectivity index (χ4n) is 3.69. The van der Waals surface area contributed by atoms with Crippen LogP contribution in [0.4, 0.5) is 4.39 Å². The maximum absolute atomic E-state index is 13.6. The number of amides is 2. The molecule has 0 aromatic heterocycles. The number of halogens is 3. The number of hydrogen-bond donors (Lipinski definition) is 1. The van der Waals surface area contributed by atoms with E-state index >= 15 is 0 Å². The van der Waals surface area contributed by atoms with E-state index in [9.17, 15) is 14.0 Å². The zero-order valence-corrected chi connectivity index (χ0v) is 21.3. The molecule has 0 aliphatic rings. The van der Waals surface area contributed by atoms with Crippen molar-refractivity contribution < 1.29 is 14.0 Å². The molecule has 0 aliphatic heterocycles. The first-order chi connectivity index (χ1) is 16.7. The van der Waals surface area contributed by atoms with Crippen LogP contribution in [0.1, 0.15) is 30.5 Å². The Hall–Kier alpha value is -2.89. The maximum Gasteiger partial charge on any atom is 0.243 e. The van der Waals surface area contributed by atoms with Crippen LogP contribution in [0.15, 0.2) is 72.8 Å². The summed E-state index contributed by atoms with van der Waals surface area (Å²) < 4.78 is 13.4. The van der Waals surface area contributed by atoms with Gasteiger partial charge in [-0.1, -0.05) is 85.6 Å². The lowest BCUT2D eigenvalue weighted by Crippen LogP contribution is -2.51. The first kappa shape index (κ1) is 26.7. The molecule has 0 unspecified atom stereocenters. The van der Waals surface area contributed by atoms with Gasteiger partial charge in [0.25, 0.3) is 0 Å². The zero-order chi connectivity index (χ0) is 25.4. The first-order valence-corrected chi connectivity index (χ1v) is 12.3. The van der Waals surface area contributed by atoms with Gasteiger partial charge in [-0.05, 0) is 46.9 Å². The molecule has 0 saturated heterocycles. The molecule has 0 heterocycles. The van der Waals surface area contributed by atoms with Crippen molar-refractivity contribution in [2.75, 3.05) is 6.54 Å². The number of carbonyl (C=O) groups excluding carboxylic acids is 2. The molecule has 0 saturated carbocycles. The molecule has 3 aromatic carbocycles. The van der Waals surface area contributed by atoms with Crippen molar-refractivity contribution in [1.29, 1.82) is 0 Å². The van der Waals surface area contributed by atoms with Crippen LogP contribution in [0.3, 0.4) is 0 Å². The molecule has 0 fully saturated rings. The third-order valence-corrected chi connectivity index (χ3v) is 6.17. The molecule has 1 atom stereocenters. The fourth-order valence-corrected chi connectivity index (χ4v) is 4.16. The number of nitrogens with zero attached hydrogens (tertiary/aromatic N) is 1. The SMILES string of the molecule is CC(C)CNC(=O)[C@H](Cc1ccccc1)N(Cc1ccc(Cl)cc1Cl)C(=O)Cc1ccc(F)cc1. The van der Waals surface area contributed by atoms with E-state index in [4.69, 9.17) is 23.2 Å². The van der Waals surface area contributed by atoms with E-state index in [1.165, 1.54) is 12.1 Å². The van der Waals surface area contributed by atoms with Gasteiger partial charge >= 0.3 is 0 Å². The predicted octanol–water partition coefficient (Wildman–Crippen LogP) is 6.09. The largest absolute Gasteiger partial charge is 0.354 e. The summed E-state index contributed by atoms with van der Waals surface area (Å²) in [6, 6.07) is 19.7. The van der Waals surface area contributed by atoms with E-state index in [0.717, 1.165) is 5.56 Å². The van der Waals surface area contributed by atoms with Crippen LogP contribution in [0.2, 0.25) is 10.0 Å². The topological polar surface area (TPSA) is 49.4 Å². The summed E-state index contributed by atoms with van der Waals surface area (Å²) >= 11 is 12.5. The summed E-state index contributed by atoms with van der Waals surface area (Å²) in [5.74, 6) is -0.616. The van der Waals surface area contributed by atoms with Crippen LogP contribution in [-0.2, 0) is 29.0 Å². The van der Waals surface area contributed by atoms with Crippen LogP contribution in [0, 0.1) is 11.7 Å². The molecule has 3 rings (SSSR count). The van der Waals surface area contributed by atoms with Crippen molar-refractivity contribution in [1.82, 2.24) is 10.2 Å². The van der Waals surface area contributed by atoms with E-state index in [1.54, 1.807) is 35.2 Å². The summed E-state index contributed by atoms with van der Waals surface area (Å²) in [7, 11) is 0. The van der Waals surface area contributed by atoms with Gasteiger partial charge in [-0.2, -0.15) is 0 Å². The van der Waals surface area contributed by atoms with Crippen LogP contribution in [0.25, 0.3) is 0 Å². The maximum atomic E-state index is 13.6. The van der Waals surface area contributed by atoms with E-state index in [2.05, 4.69) is 5.32 Å². The summed E-state index contributed by atoms with van der Waals surface area (Å²) in [5.41, 5.74) is 2.27. The number of nitrogens with one attached hydrogen (secondary N) is 1. The highest BCUT2D eigenvalue weighted by Crippen LogP contribution is 2.24. The van der Waals surface area contributed by atoms with Gasteiger partial charge in [-0.3, -0.25) is 9.59 Å². The zero-order valence-electron chi connectivity index (χ0n) is 19.8. The standard InChI is InChI=1S/C28H29Cl2FN2O2/c1-19(2)17-32-28(35)26(14-20-6-4-3-5-7-20)33(18-22-10-11-23(29)16-25(22)30)27(34)15-21-8-12-24(31)13-9-21/h3-13,16,19,26H,14-15,17-18H2,1-2H3,(H,32,35)/t26-/m0/s1. The van der Waals surface area contributed by atoms with Gasteiger partial charge in [0.2, 0.25) is 11.8 Å². The highest BCUT2D eigenvalue weighted by atomic mass is 35.5. The molecule has 0 aliphatic carbocycles. The lowest BCUT2D eigenvalue weighted by Gasteiger charge is -2.32. The molecule has 7 heteroatoms. The normalized spacial score (nSPS) is 11.8. The summed E-state index contributed by atoms with van der Waals surface area (Å²) in [5, 5.41) is 3.88. The van der Waals surface area contributed by atoms with Crippen molar-refractivity contribution in [2.45, 2.75) is 39.3 Å². The van der Waals surface area contributed by atoms with Crippen molar-refractivity contribution in [2.24, 2.45) is 5.92 Å². The van der Waals surface area contributed by atoms with Gasteiger partial charge < -0.3 is 10.2 Å². The number of hydrogen-bond acceptors (Lipinski definition) is 2. The van der Waals surface area contributed by atoms with E-state index in [0.29, 0.717) is 34.1 Å². The van der Waals surface area contributed by atoms with Crippen LogP contribution < -0.4 is 5.32 Å². The average Bonchev–Trinajstić information content (AvgIpc) is 2.83. The lowest BCUT2D eigenvalue weighted by molar-refractivity contribution is -0.140. The minimum Gasteiger partial charge on any atom is -0.354 e.